The molecule has 0 aromatic rings. The molecule has 0 heterocycles. The second kappa shape index (κ2) is 8.34. The zero-order valence-electron chi connectivity index (χ0n) is 10.4. The maximum atomic E-state index is 5.23. The van der Waals surface area contributed by atoms with Crippen LogP contribution in [0.15, 0.2) is 36.6 Å². The molecule has 0 saturated heterocycles. The summed E-state index contributed by atoms with van der Waals surface area (Å²) in [7, 11) is 0. The molecule has 15 heavy (non-hydrogen) atoms. The van der Waals surface area contributed by atoms with Crippen molar-refractivity contribution in [2.45, 2.75) is 40.0 Å². The number of rotatable bonds is 8. The van der Waals surface area contributed by atoms with Crippen molar-refractivity contribution >= 4 is 0 Å². The molecule has 0 aliphatic heterocycles. The highest BCUT2D eigenvalue weighted by Crippen LogP contribution is 2.17. The Labute approximate surface area is 94.5 Å². The van der Waals surface area contributed by atoms with E-state index in [1.165, 1.54) is 19.3 Å². The van der Waals surface area contributed by atoms with Gasteiger partial charge in [-0.3, -0.25) is 0 Å². The largest absolute Gasteiger partial charge is 0.495 e. The van der Waals surface area contributed by atoms with Crippen molar-refractivity contribution in [3.05, 3.63) is 36.6 Å². The van der Waals surface area contributed by atoms with Crippen molar-refractivity contribution in [3.63, 3.8) is 0 Å². The summed E-state index contributed by atoms with van der Waals surface area (Å²) in [5.41, 5.74) is 1.16. The average molecular weight is 208 g/mol. The van der Waals surface area contributed by atoms with Crippen LogP contribution in [-0.4, -0.2) is 6.61 Å². The monoisotopic (exact) mass is 208 g/mol. The Bertz CT molecular complexity index is 225. The first kappa shape index (κ1) is 14.0. The highest BCUT2D eigenvalue weighted by molar-refractivity contribution is 5.22. The summed E-state index contributed by atoms with van der Waals surface area (Å²) in [5.74, 6) is 1.26. The summed E-state index contributed by atoms with van der Waals surface area (Å²) < 4.78 is 5.23. The third-order valence-corrected chi connectivity index (χ3v) is 2.44. The Kier molecular flexibility index (Phi) is 7.79. The zero-order valence-corrected chi connectivity index (χ0v) is 10.4. The molecule has 1 unspecified atom stereocenters. The molecule has 0 aromatic carbocycles. The van der Waals surface area contributed by atoms with Gasteiger partial charge in [-0.15, -0.1) is 0 Å². The van der Waals surface area contributed by atoms with Gasteiger partial charge in [-0.05, 0) is 25.3 Å². The molecule has 0 fully saturated rings. The molecule has 0 aliphatic carbocycles. The van der Waals surface area contributed by atoms with Gasteiger partial charge in [0, 0.05) is 0 Å². The summed E-state index contributed by atoms with van der Waals surface area (Å²) in [6, 6.07) is 0. The Morgan fingerprint density at radius 2 is 1.93 bits per heavy atom. The summed E-state index contributed by atoms with van der Waals surface area (Å²) in [4.78, 5) is 0. The molecule has 0 radical (unpaired) electrons. The molecule has 0 aliphatic rings. The number of hydrogen-bond acceptors (Lipinski definition) is 1. The van der Waals surface area contributed by atoms with E-state index in [1.807, 2.05) is 19.1 Å². The molecule has 0 aromatic heterocycles. The van der Waals surface area contributed by atoms with E-state index < -0.39 is 0 Å². The van der Waals surface area contributed by atoms with Crippen LogP contribution in [0.4, 0.5) is 0 Å². The highest BCUT2D eigenvalue weighted by Gasteiger charge is 2.02. The number of hydrogen-bond donors (Lipinski definition) is 0. The van der Waals surface area contributed by atoms with E-state index in [-0.39, 0.29) is 0 Å². The predicted octanol–water partition coefficient (Wildman–Crippen LogP) is 4.48. The van der Waals surface area contributed by atoms with Gasteiger partial charge in [0.2, 0.25) is 0 Å². The molecule has 0 amide bonds. The van der Waals surface area contributed by atoms with Crippen molar-refractivity contribution in [1.29, 1.82) is 0 Å². The minimum absolute atomic E-state index is 0.552. The Morgan fingerprint density at radius 1 is 1.27 bits per heavy atom. The smallest absolute Gasteiger partial charge is 0.112 e. The topological polar surface area (TPSA) is 9.23 Å². The highest BCUT2D eigenvalue weighted by atomic mass is 16.5. The summed E-state index contributed by atoms with van der Waals surface area (Å²) >= 11 is 0. The first-order chi connectivity index (χ1) is 7.11. The summed E-state index contributed by atoms with van der Waals surface area (Å²) in [6.07, 6.45) is 7.63. The van der Waals surface area contributed by atoms with Crippen LogP contribution in [0, 0.1) is 5.92 Å². The molecule has 0 saturated carbocycles. The lowest BCUT2D eigenvalue weighted by Gasteiger charge is -2.10. The lowest BCUT2D eigenvalue weighted by Crippen LogP contribution is -1.96. The van der Waals surface area contributed by atoms with Crippen LogP contribution in [0.5, 0.6) is 0 Å². The quantitative estimate of drug-likeness (QED) is 0.422. The number of unbranched alkanes of at least 4 members (excludes halogenated alkanes) is 1. The molecule has 86 valence electrons. The van der Waals surface area contributed by atoms with E-state index >= 15 is 0 Å². The first-order valence-corrected chi connectivity index (χ1v) is 5.80. The second-order valence-corrected chi connectivity index (χ2v) is 3.85. The third-order valence-electron chi connectivity index (χ3n) is 2.44. The Hall–Kier alpha value is -0.980. The van der Waals surface area contributed by atoms with Crippen LogP contribution < -0.4 is 0 Å². The molecule has 1 atom stereocenters. The summed E-state index contributed by atoms with van der Waals surface area (Å²) in [6.45, 7) is 14.9. The van der Waals surface area contributed by atoms with Gasteiger partial charge >= 0.3 is 0 Å². The summed E-state index contributed by atoms with van der Waals surface area (Å²) in [5, 5.41) is 0. The van der Waals surface area contributed by atoms with Crippen molar-refractivity contribution < 1.29 is 4.74 Å². The van der Waals surface area contributed by atoms with Crippen molar-refractivity contribution in [3.8, 4) is 0 Å². The minimum atomic E-state index is 0.552. The number of allylic oxidation sites excluding steroid dienone is 3. The standard InChI is InChI=1S/C14H24O/c1-6-8-9-12(3)13(4)10-11-14(5)15-7-2/h10-12H,4-9H2,1-3H3/b11-10-. The van der Waals surface area contributed by atoms with Gasteiger partial charge in [-0.2, -0.15) is 0 Å². The van der Waals surface area contributed by atoms with Crippen LogP contribution in [-0.2, 0) is 4.74 Å². The average Bonchev–Trinajstić information content (AvgIpc) is 2.22. The zero-order chi connectivity index (χ0) is 11.7. The fraction of sp³-hybridized carbons (Fsp3) is 0.571. The van der Waals surface area contributed by atoms with Gasteiger partial charge in [0.1, 0.15) is 5.76 Å². The second-order valence-electron chi connectivity index (χ2n) is 3.85. The molecule has 0 bridgehead atoms. The van der Waals surface area contributed by atoms with E-state index in [9.17, 15) is 0 Å². The van der Waals surface area contributed by atoms with E-state index in [4.69, 9.17) is 4.74 Å². The lowest BCUT2D eigenvalue weighted by molar-refractivity contribution is 0.244. The maximum absolute atomic E-state index is 5.23. The van der Waals surface area contributed by atoms with E-state index in [0.29, 0.717) is 18.3 Å². The van der Waals surface area contributed by atoms with Gasteiger partial charge < -0.3 is 4.74 Å². The van der Waals surface area contributed by atoms with Gasteiger partial charge in [0.25, 0.3) is 0 Å². The van der Waals surface area contributed by atoms with Gasteiger partial charge in [-0.25, -0.2) is 0 Å². The SMILES string of the molecule is C=C(/C=C\C(=C)C(C)CCCC)OCC. The van der Waals surface area contributed by atoms with Crippen LogP contribution in [0.1, 0.15) is 40.0 Å². The van der Waals surface area contributed by atoms with Crippen molar-refractivity contribution in [2.75, 3.05) is 6.61 Å². The third kappa shape index (κ3) is 7.01. The van der Waals surface area contributed by atoms with Gasteiger partial charge in [0.05, 0.1) is 6.61 Å². The molecule has 1 heteroatoms. The van der Waals surface area contributed by atoms with Crippen molar-refractivity contribution in [2.24, 2.45) is 5.92 Å². The molecular formula is C14H24O. The fourth-order valence-electron chi connectivity index (χ4n) is 1.29. The van der Waals surface area contributed by atoms with Crippen LogP contribution in [0.2, 0.25) is 0 Å². The molecule has 0 rings (SSSR count). The number of ether oxygens (including phenoxy) is 1. The lowest BCUT2D eigenvalue weighted by atomic mass is 9.96. The van der Waals surface area contributed by atoms with E-state index in [2.05, 4.69) is 27.0 Å². The Balaban J connectivity index is 3.95. The molecule has 0 spiro atoms. The van der Waals surface area contributed by atoms with Crippen molar-refractivity contribution in [1.82, 2.24) is 0 Å². The van der Waals surface area contributed by atoms with Gasteiger partial charge in [-0.1, -0.05) is 51.5 Å². The predicted molar refractivity (Wildman–Crippen MR) is 67.7 cm³/mol. The molecular weight excluding hydrogens is 184 g/mol. The minimum Gasteiger partial charge on any atom is -0.495 e. The Morgan fingerprint density at radius 3 is 2.47 bits per heavy atom. The normalized spacial score (nSPS) is 12.7. The molecule has 0 N–H and O–H groups in total. The van der Waals surface area contributed by atoms with Crippen LogP contribution in [0.25, 0.3) is 0 Å². The first-order valence-electron chi connectivity index (χ1n) is 5.80. The van der Waals surface area contributed by atoms with Gasteiger partial charge in [0.15, 0.2) is 0 Å². The molecule has 1 nitrogen and oxygen atoms in total. The van der Waals surface area contributed by atoms with E-state index in [1.54, 1.807) is 0 Å². The van der Waals surface area contributed by atoms with Crippen LogP contribution in [0.3, 0.4) is 0 Å². The fourth-order valence-corrected chi connectivity index (χ4v) is 1.29. The maximum Gasteiger partial charge on any atom is 0.112 e. The van der Waals surface area contributed by atoms with E-state index in [0.717, 1.165) is 5.57 Å². The van der Waals surface area contributed by atoms with Crippen LogP contribution >= 0.6 is 0 Å².